The maximum Gasteiger partial charge on any atom is 0.339 e. The van der Waals surface area contributed by atoms with Crippen molar-refractivity contribution in [2.45, 2.75) is 32.2 Å². The van der Waals surface area contributed by atoms with Crippen molar-refractivity contribution in [3.63, 3.8) is 0 Å². The maximum absolute atomic E-state index is 11.6. The van der Waals surface area contributed by atoms with Crippen LogP contribution in [0.1, 0.15) is 21.6 Å². The largest absolute Gasteiger partial charge is 0.465 e. The molecule has 0 saturated carbocycles. The molecule has 0 radical (unpaired) electrons. The molecule has 9 heteroatoms. The number of esters is 1. The maximum atomic E-state index is 11.6. The van der Waals surface area contributed by atoms with E-state index in [-0.39, 0.29) is 6.79 Å². The first-order valence-corrected chi connectivity index (χ1v) is 14.3. The third-order valence-corrected chi connectivity index (χ3v) is 6.60. The van der Waals surface area contributed by atoms with E-state index in [0.29, 0.717) is 30.2 Å². The molecular weight excluding hydrogens is 436 g/mol. The summed E-state index contributed by atoms with van der Waals surface area (Å²) in [5, 5.41) is 13.6. The Morgan fingerprint density at radius 2 is 1.91 bits per heavy atom. The smallest absolute Gasteiger partial charge is 0.339 e. The molecule has 2 aromatic heterocycles. The summed E-state index contributed by atoms with van der Waals surface area (Å²) in [4.78, 5) is 15.9. The van der Waals surface area contributed by atoms with Gasteiger partial charge in [-0.05, 0) is 35.9 Å². The van der Waals surface area contributed by atoms with Crippen LogP contribution in [0.25, 0.3) is 11.1 Å². The van der Waals surface area contributed by atoms with E-state index in [9.17, 15) is 4.79 Å². The highest BCUT2D eigenvalue weighted by Crippen LogP contribution is 2.29. The quantitative estimate of drug-likeness (QED) is 0.190. The van der Waals surface area contributed by atoms with Gasteiger partial charge in [-0.1, -0.05) is 31.8 Å². The highest BCUT2D eigenvalue weighted by molar-refractivity contribution is 6.76. The SMILES string of the molecule is COC(=O)c1ccc(Cn2cc(-c3ccc(C#N)cc3)c(OCOCC[Si](C)(C)C)n2)nc1. The van der Waals surface area contributed by atoms with Crippen molar-refractivity contribution in [2.75, 3.05) is 20.5 Å². The summed E-state index contributed by atoms with van der Waals surface area (Å²) >= 11 is 0. The predicted molar refractivity (Wildman–Crippen MR) is 127 cm³/mol. The summed E-state index contributed by atoms with van der Waals surface area (Å²) in [6.45, 7) is 8.05. The average Bonchev–Trinajstić information content (AvgIpc) is 3.20. The molecule has 0 saturated heterocycles. The zero-order valence-electron chi connectivity index (χ0n) is 19.4. The van der Waals surface area contributed by atoms with Gasteiger partial charge in [-0.3, -0.25) is 9.67 Å². The number of rotatable bonds is 10. The molecule has 0 N–H and O–H groups in total. The van der Waals surface area contributed by atoms with E-state index < -0.39 is 14.0 Å². The lowest BCUT2D eigenvalue weighted by atomic mass is 10.1. The van der Waals surface area contributed by atoms with Crippen molar-refractivity contribution in [1.82, 2.24) is 14.8 Å². The third-order valence-electron chi connectivity index (χ3n) is 4.90. The Bertz CT molecular complexity index is 1110. The van der Waals surface area contributed by atoms with Gasteiger partial charge in [0.25, 0.3) is 0 Å². The summed E-state index contributed by atoms with van der Waals surface area (Å²) in [5.41, 5.74) is 3.37. The molecule has 172 valence electrons. The normalized spacial score (nSPS) is 11.1. The number of nitrogens with zero attached hydrogens (tertiary/aromatic N) is 4. The second-order valence-electron chi connectivity index (χ2n) is 8.75. The second-order valence-corrected chi connectivity index (χ2v) is 14.4. The minimum absolute atomic E-state index is 0.108. The summed E-state index contributed by atoms with van der Waals surface area (Å²) in [7, 11) is 0.160. The Kier molecular flexibility index (Phi) is 7.98. The van der Waals surface area contributed by atoms with Gasteiger partial charge in [-0.15, -0.1) is 5.10 Å². The Morgan fingerprint density at radius 3 is 2.52 bits per heavy atom. The van der Waals surface area contributed by atoms with Crippen LogP contribution in [-0.2, 0) is 16.0 Å². The van der Waals surface area contributed by atoms with Crippen LogP contribution in [0.5, 0.6) is 5.88 Å². The van der Waals surface area contributed by atoms with E-state index in [0.717, 1.165) is 22.9 Å². The molecule has 0 amide bonds. The molecule has 3 rings (SSSR count). The van der Waals surface area contributed by atoms with Gasteiger partial charge < -0.3 is 14.2 Å². The van der Waals surface area contributed by atoms with Crippen molar-refractivity contribution in [2.24, 2.45) is 0 Å². The monoisotopic (exact) mass is 464 g/mol. The number of aromatic nitrogens is 3. The molecule has 0 aliphatic rings. The molecule has 33 heavy (non-hydrogen) atoms. The van der Waals surface area contributed by atoms with Crippen molar-refractivity contribution in [3.8, 4) is 23.1 Å². The summed E-state index contributed by atoms with van der Waals surface area (Å²) in [6.07, 6.45) is 3.35. The van der Waals surface area contributed by atoms with E-state index in [1.54, 1.807) is 28.9 Å². The molecule has 0 fully saturated rings. The first kappa shape index (κ1) is 24.2. The van der Waals surface area contributed by atoms with Crippen molar-refractivity contribution in [1.29, 1.82) is 5.26 Å². The van der Waals surface area contributed by atoms with Gasteiger partial charge in [0.2, 0.25) is 5.88 Å². The Labute approximate surface area is 194 Å². The molecule has 1 aromatic carbocycles. The molecule has 0 atom stereocenters. The second kappa shape index (κ2) is 10.9. The zero-order chi connectivity index (χ0) is 23.8. The highest BCUT2D eigenvalue weighted by Gasteiger charge is 2.15. The van der Waals surface area contributed by atoms with Crippen LogP contribution in [0.2, 0.25) is 25.7 Å². The Balaban J connectivity index is 1.76. The van der Waals surface area contributed by atoms with Crippen LogP contribution >= 0.6 is 0 Å². The fourth-order valence-electron chi connectivity index (χ4n) is 2.97. The minimum atomic E-state index is -1.17. The number of hydrogen-bond donors (Lipinski definition) is 0. The number of carbonyl (C=O) groups excluding carboxylic acids is 1. The fourth-order valence-corrected chi connectivity index (χ4v) is 3.73. The zero-order valence-corrected chi connectivity index (χ0v) is 20.4. The summed E-state index contributed by atoms with van der Waals surface area (Å²) in [6, 6.07) is 13.9. The van der Waals surface area contributed by atoms with Crippen LogP contribution in [0.3, 0.4) is 0 Å². The molecule has 0 aliphatic carbocycles. The lowest BCUT2D eigenvalue weighted by molar-refractivity contribution is 0.0193. The van der Waals surface area contributed by atoms with E-state index in [1.807, 2.05) is 18.3 Å². The topological polar surface area (TPSA) is 99.3 Å². The fraction of sp³-hybridized carbons (Fsp3) is 0.333. The number of methoxy groups -OCH3 is 1. The molecule has 0 bridgehead atoms. The minimum Gasteiger partial charge on any atom is -0.465 e. The standard InChI is InChI=1S/C24H28N4O4Si/c1-30-24(29)20-9-10-21(26-14-20)15-28-16-22(19-7-5-18(13-25)6-8-19)23(27-28)32-17-31-11-12-33(2,3)4/h5-10,14,16H,11-12,15,17H2,1-4H3. The number of ether oxygens (including phenoxy) is 3. The van der Waals surface area contributed by atoms with Crippen LogP contribution in [0.15, 0.2) is 48.8 Å². The van der Waals surface area contributed by atoms with Gasteiger partial charge in [-0.2, -0.15) is 5.26 Å². The molecule has 0 spiro atoms. The van der Waals surface area contributed by atoms with Gasteiger partial charge in [0, 0.05) is 27.1 Å². The number of carbonyl (C=O) groups is 1. The molecule has 8 nitrogen and oxygen atoms in total. The van der Waals surface area contributed by atoms with Gasteiger partial charge in [0.05, 0.1) is 42.1 Å². The predicted octanol–water partition coefficient (Wildman–Crippen LogP) is 4.34. The van der Waals surface area contributed by atoms with E-state index >= 15 is 0 Å². The number of pyridine rings is 1. The molecule has 0 aliphatic heterocycles. The lowest BCUT2D eigenvalue weighted by Crippen LogP contribution is -2.22. The molecule has 0 unspecified atom stereocenters. The summed E-state index contributed by atoms with van der Waals surface area (Å²) in [5.74, 6) is 0.0138. The summed E-state index contributed by atoms with van der Waals surface area (Å²) < 4.78 is 18.0. The first-order valence-electron chi connectivity index (χ1n) is 10.6. The number of hydrogen-bond acceptors (Lipinski definition) is 7. The Morgan fingerprint density at radius 1 is 1.15 bits per heavy atom. The van der Waals surface area contributed by atoms with Gasteiger partial charge in [0.1, 0.15) is 0 Å². The van der Waals surface area contributed by atoms with E-state index in [2.05, 4.69) is 35.8 Å². The van der Waals surface area contributed by atoms with Crippen molar-refractivity contribution >= 4 is 14.0 Å². The van der Waals surface area contributed by atoms with Crippen LogP contribution in [-0.4, -0.2) is 49.3 Å². The average molecular weight is 465 g/mol. The van der Waals surface area contributed by atoms with Gasteiger partial charge >= 0.3 is 5.97 Å². The van der Waals surface area contributed by atoms with Crippen molar-refractivity contribution < 1.29 is 19.0 Å². The number of nitriles is 1. The van der Waals surface area contributed by atoms with Gasteiger partial charge in [0.15, 0.2) is 6.79 Å². The van der Waals surface area contributed by atoms with Crippen LogP contribution in [0.4, 0.5) is 0 Å². The number of benzene rings is 1. The lowest BCUT2D eigenvalue weighted by Gasteiger charge is -2.15. The van der Waals surface area contributed by atoms with Gasteiger partial charge in [-0.25, -0.2) is 4.79 Å². The van der Waals surface area contributed by atoms with Crippen LogP contribution < -0.4 is 4.74 Å². The van der Waals surface area contributed by atoms with E-state index in [1.165, 1.54) is 13.3 Å². The van der Waals surface area contributed by atoms with E-state index in [4.69, 9.17) is 19.5 Å². The Hall–Kier alpha value is -3.48. The van der Waals surface area contributed by atoms with Crippen molar-refractivity contribution in [3.05, 3.63) is 65.6 Å². The molecular formula is C24H28N4O4Si. The highest BCUT2D eigenvalue weighted by atomic mass is 28.3. The molecule has 2 heterocycles. The molecule has 3 aromatic rings. The first-order chi connectivity index (χ1) is 15.8. The van der Waals surface area contributed by atoms with Crippen LogP contribution in [0, 0.1) is 11.3 Å². The third kappa shape index (κ3) is 7.00.